The van der Waals surface area contributed by atoms with Gasteiger partial charge in [0.1, 0.15) is 6.61 Å². The normalized spacial score (nSPS) is 10.5. The van der Waals surface area contributed by atoms with Crippen molar-refractivity contribution in [1.82, 2.24) is 5.16 Å². The molecule has 0 amide bonds. The molecule has 1 N–H and O–H groups in total. The predicted molar refractivity (Wildman–Crippen MR) is 79.6 cm³/mol. The van der Waals surface area contributed by atoms with Gasteiger partial charge in [0, 0.05) is 11.6 Å². The van der Waals surface area contributed by atoms with Crippen LogP contribution in [0.1, 0.15) is 16.1 Å². The number of carbonyl (C=O) groups is 1. The Labute approximate surface area is 130 Å². The van der Waals surface area contributed by atoms with Crippen molar-refractivity contribution in [3.63, 3.8) is 0 Å². The Morgan fingerprint density at radius 2 is 1.96 bits per heavy atom. The second-order valence-electron chi connectivity index (χ2n) is 4.80. The zero-order valence-electron chi connectivity index (χ0n) is 11.9. The molecule has 0 aliphatic heterocycles. The first-order valence-corrected chi connectivity index (χ1v) is 6.80. The summed E-state index contributed by atoms with van der Waals surface area (Å²) in [6.45, 7) is 0.253. The number of benzene rings is 2. The summed E-state index contributed by atoms with van der Waals surface area (Å²) in [5, 5.41) is 12.2. The molecular formula is C17H12FNO4. The summed E-state index contributed by atoms with van der Waals surface area (Å²) >= 11 is 0. The lowest BCUT2D eigenvalue weighted by atomic mass is 10.1. The average molecular weight is 313 g/mol. The van der Waals surface area contributed by atoms with E-state index >= 15 is 0 Å². The molecule has 23 heavy (non-hydrogen) atoms. The Kier molecular flexibility index (Phi) is 4.05. The number of halogens is 1. The van der Waals surface area contributed by atoms with Gasteiger partial charge in [-0.3, -0.25) is 0 Å². The molecule has 6 heteroatoms. The molecule has 5 nitrogen and oxygen atoms in total. The van der Waals surface area contributed by atoms with E-state index in [1.807, 2.05) is 30.3 Å². The van der Waals surface area contributed by atoms with Crippen LogP contribution in [0, 0.1) is 5.82 Å². The Balaban J connectivity index is 1.76. The molecule has 0 aliphatic rings. The van der Waals surface area contributed by atoms with Crippen LogP contribution in [-0.4, -0.2) is 16.2 Å². The number of aromatic carboxylic acids is 1. The van der Waals surface area contributed by atoms with E-state index in [1.165, 1.54) is 18.2 Å². The standard InChI is InChI=1S/C17H12FNO4/c18-13-8-12(16-9-14(17(20)21)19-23-16)6-7-15(13)22-10-11-4-2-1-3-5-11/h1-9H,10H2,(H,20,21). The number of carboxylic acid groups (broad SMARTS) is 1. The molecule has 0 saturated heterocycles. The molecule has 0 aliphatic carbocycles. The first-order valence-electron chi connectivity index (χ1n) is 6.80. The maximum absolute atomic E-state index is 14.1. The van der Waals surface area contributed by atoms with Crippen LogP contribution in [0.5, 0.6) is 5.75 Å². The summed E-state index contributed by atoms with van der Waals surface area (Å²) in [5.74, 6) is -1.48. The minimum absolute atomic E-state index is 0.107. The molecule has 0 spiro atoms. The van der Waals surface area contributed by atoms with E-state index in [-0.39, 0.29) is 23.8 Å². The Morgan fingerprint density at radius 3 is 2.61 bits per heavy atom. The van der Waals surface area contributed by atoms with Gasteiger partial charge in [0.2, 0.25) is 0 Å². The number of rotatable bonds is 5. The smallest absolute Gasteiger partial charge is 0.358 e. The van der Waals surface area contributed by atoms with Crippen molar-refractivity contribution in [2.24, 2.45) is 0 Å². The fraction of sp³-hybridized carbons (Fsp3) is 0.0588. The van der Waals surface area contributed by atoms with Crippen LogP contribution < -0.4 is 4.74 Å². The van der Waals surface area contributed by atoms with Crippen molar-refractivity contribution in [3.8, 4) is 17.1 Å². The van der Waals surface area contributed by atoms with Gasteiger partial charge in [0.15, 0.2) is 23.0 Å². The SMILES string of the molecule is O=C(O)c1cc(-c2ccc(OCc3ccccc3)c(F)c2)on1. The molecular weight excluding hydrogens is 301 g/mol. The maximum Gasteiger partial charge on any atom is 0.358 e. The van der Waals surface area contributed by atoms with Crippen molar-refractivity contribution in [1.29, 1.82) is 0 Å². The highest BCUT2D eigenvalue weighted by atomic mass is 19.1. The number of hydrogen-bond donors (Lipinski definition) is 1. The number of hydrogen-bond acceptors (Lipinski definition) is 4. The van der Waals surface area contributed by atoms with Crippen LogP contribution >= 0.6 is 0 Å². The van der Waals surface area contributed by atoms with Crippen LogP contribution in [0.2, 0.25) is 0 Å². The quantitative estimate of drug-likeness (QED) is 0.776. The largest absolute Gasteiger partial charge is 0.486 e. The molecule has 0 radical (unpaired) electrons. The summed E-state index contributed by atoms with van der Waals surface area (Å²) in [5.41, 5.74) is 1.08. The van der Waals surface area contributed by atoms with E-state index < -0.39 is 11.8 Å². The maximum atomic E-state index is 14.1. The molecule has 0 saturated carbocycles. The Hall–Kier alpha value is -3.15. The Bertz CT molecular complexity index is 830. The van der Waals surface area contributed by atoms with Gasteiger partial charge in [0.05, 0.1) is 0 Å². The van der Waals surface area contributed by atoms with Gasteiger partial charge in [-0.1, -0.05) is 35.5 Å². The summed E-state index contributed by atoms with van der Waals surface area (Å²) < 4.78 is 24.4. The van der Waals surface area contributed by atoms with E-state index in [9.17, 15) is 9.18 Å². The summed E-state index contributed by atoms with van der Waals surface area (Å²) in [7, 11) is 0. The second kappa shape index (κ2) is 6.31. The number of nitrogens with zero attached hydrogens (tertiary/aromatic N) is 1. The zero-order chi connectivity index (χ0) is 16.2. The van der Waals surface area contributed by atoms with Gasteiger partial charge in [-0.2, -0.15) is 0 Å². The number of aromatic nitrogens is 1. The van der Waals surface area contributed by atoms with Gasteiger partial charge in [0.25, 0.3) is 0 Å². The van der Waals surface area contributed by atoms with Crippen molar-refractivity contribution in [2.45, 2.75) is 6.61 Å². The van der Waals surface area contributed by atoms with E-state index in [2.05, 4.69) is 5.16 Å². The van der Waals surface area contributed by atoms with E-state index in [1.54, 1.807) is 6.07 Å². The van der Waals surface area contributed by atoms with E-state index in [0.717, 1.165) is 5.56 Å². The van der Waals surface area contributed by atoms with Crippen molar-refractivity contribution in [3.05, 3.63) is 71.7 Å². The third kappa shape index (κ3) is 3.37. The molecule has 3 aromatic rings. The zero-order valence-corrected chi connectivity index (χ0v) is 11.9. The summed E-state index contributed by atoms with van der Waals surface area (Å²) in [4.78, 5) is 10.8. The molecule has 3 rings (SSSR count). The lowest BCUT2D eigenvalue weighted by Gasteiger charge is -2.08. The first kappa shape index (κ1) is 14.8. The topological polar surface area (TPSA) is 72.6 Å². The summed E-state index contributed by atoms with van der Waals surface area (Å²) in [6, 6.07) is 14.9. The van der Waals surface area contributed by atoms with Crippen molar-refractivity contribution >= 4 is 5.97 Å². The van der Waals surface area contributed by atoms with Crippen molar-refractivity contribution in [2.75, 3.05) is 0 Å². The van der Waals surface area contributed by atoms with Gasteiger partial charge >= 0.3 is 5.97 Å². The van der Waals surface area contributed by atoms with Gasteiger partial charge in [-0.15, -0.1) is 0 Å². The predicted octanol–water partition coefficient (Wildman–Crippen LogP) is 3.76. The monoisotopic (exact) mass is 313 g/mol. The van der Waals surface area contributed by atoms with Gasteiger partial charge in [-0.25, -0.2) is 9.18 Å². The molecule has 0 fully saturated rings. The van der Waals surface area contributed by atoms with Crippen LogP contribution in [-0.2, 0) is 6.61 Å². The highest BCUT2D eigenvalue weighted by Gasteiger charge is 2.14. The van der Waals surface area contributed by atoms with E-state index in [0.29, 0.717) is 5.56 Å². The fourth-order valence-electron chi connectivity index (χ4n) is 2.02. The molecule has 1 heterocycles. The summed E-state index contributed by atoms with van der Waals surface area (Å²) in [6.07, 6.45) is 0. The Morgan fingerprint density at radius 1 is 1.17 bits per heavy atom. The minimum atomic E-state index is -1.21. The third-order valence-electron chi connectivity index (χ3n) is 3.18. The van der Waals surface area contributed by atoms with Crippen LogP contribution in [0.25, 0.3) is 11.3 Å². The number of ether oxygens (including phenoxy) is 1. The highest BCUT2D eigenvalue weighted by Crippen LogP contribution is 2.26. The fourth-order valence-corrected chi connectivity index (χ4v) is 2.02. The highest BCUT2D eigenvalue weighted by molar-refractivity contribution is 5.86. The van der Waals surface area contributed by atoms with Crippen LogP contribution in [0.4, 0.5) is 4.39 Å². The molecule has 0 unspecified atom stereocenters. The number of carboxylic acids is 1. The van der Waals surface area contributed by atoms with Crippen molar-refractivity contribution < 1.29 is 23.6 Å². The molecule has 2 aromatic carbocycles. The lowest BCUT2D eigenvalue weighted by molar-refractivity contribution is 0.0686. The molecule has 116 valence electrons. The molecule has 0 atom stereocenters. The van der Waals surface area contributed by atoms with Gasteiger partial charge in [-0.05, 0) is 23.8 Å². The third-order valence-corrected chi connectivity index (χ3v) is 3.18. The average Bonchev–Trinajstić information content (AvgIpc) is 3.05. The lowest BCUT2D eigenvalue weighted by Crippen LogP contribution is -1.97. The molecule has 0 bridgehead atoms. The molecule has 1 aromatic heterocycles. The van der Waals surface area contributed by atoms with Crippen LogP contribution in [0.3, 0.4) is 0 Å². The second-order valence-corrected chi connectivity index (χ2v) is 4.80. The first-order chi connectivity index (χ1) is 11.1. The van der Waals surface area contributed by atoms with Gasteiger partial charge < -0.3 is 14.4 Å². The van der Waals surface area contributed by atoms with Crippen LogP contribution in [0.15, 0.2) is 59.1 Å². The van der Waals surface area contributed by atoms with E-state index in [4.69, 9.17) is 14.4 Å². The minimum Gasteiger partial charge on any atom is -0.486 e.